The third-order valence-electron chi connectivity index (χ3n) is 3.80. The summed E-state index contributed by atoms with van der Waals surface area (Å²) in [6, 6.07) is 6.51. The molecule has 0 saturated carbocycles. The van der Waals surface area contributed by atoms with Crippen molar-refractivity contribution in [2.24, 2.45) is 5.73 Å². The molecular weight excluding hydrogens is 326 g/mol. The maximum atomic E-state index is 12.4. The van der Waals surface area contributed by atoms with Crippen LogP contribution in [0.3, 0.4) is 0 Å². The van der Waals surface area contributed by atoms with E-state index in [4.69, 9.17) is 5.73 Å². The van der Waals surface area contributed by atoms with E-state index in [0.717, 1.165) is 10.4 Å². The topological polar surface area (TPSA) is 109 Å². The van der Waals surface area contributed by atoms with Gasteiger partial charge in [-0.15, -0.1) is 11.3 Å². The molecule has 0 aliphatic heterocycles. The summed E-state index contributed by atoms with van der Waals surface area (Å²) in [7, 11) is 0. The van der Waals surface area contributed by atoms with E-state index >= 15 is 0 Å². The van der Waals surface area contributed by atoms with Crippen molar-refractivity contribution < 1.29 is 9.90 Å². The third kappa shape index (κ3) is 2.69. The number of para-hydroxylation sites is 1. The maximum Gasteiger partial charge on any atom is 0.260 e. The average molecular weight is 341 g/mol. The molecule has 1 amide bonds. The van der Waals surface area contributed by atoms with E-state index < -0.39 is 5.91 Å². The van der Waals surface area contributed by atoms with Crippen LogP contribution >= 0.6 is 11.3 Å². The van der Waals surface area contributed by atoms with Crippen molar-refractivity contribution in [3.8, 4) is 5.75 Å². The Bertz CT molecular complexity index is 1050. The van der Waals surface area contributed by atoms with Gasteiger partial charge in [0.25, 0.3) is 11.5 Å². The van der Waals surface area contributed by atoms with E-state index in [2.05, 4.69) is 9.97 Å². The fraction of sp³-hybridized carbons (Fsp3) is 0.118. The van der Waals surface area contributed by atoms with Gasteiger partial charge in [0.15, 0.2) is 0 Å². The molecule has 0 unspecified atom stereocenters. The number of aromatic nitrogens is 2. The summed E-state index contributed by atoms with van der Waals surface area (Å²) in [6.45, 7) is 3.77. The number of fused-ring (bicyclic) bond motifs is 1. The number of phenols is 1. The SMILES string of the molecule is Cc1sc2nc(/C(=C/c3ccccc3O)C(N)=O)[nH]c(=O)c2c1C. The van der Waals surface area contributed by atoms with Crippen LogP contribution in [0.2, 0.25) is 0 Å². The van der Waals surface area contributed by atoms with Crippen LogP contribution in [0.5, 0.6) is 5.75 Å². The van der Waals surface area contributed by atoms with Crippen LogP contribution < -0.4 is 11.3 Å². The molecule has 0 bridgehead atoms. The molecule has 0 spiro atoms. The number of phenolic OH excluding ortho intramolecular Hbond substituents is 1. The minimum absolute atomic E-state index is 0.00230. The van der Waals surface area contributed by atoms with Crippen LogP contribution in [0.25, 0.3) is 21.9 Å². The van der Waals surface area contributed by atoms with Gasteiger partial charge < -0.3 is 15.8 Å². The highest BCUT2D eigenvalue weighted by molar-refractivity contribution is 7.18. The van der Waals surface area contributed by atoms with Gasteiger partial charge in [-0.1, -0.05) is 18.2 Å². The summed E-state index contributed by atoms with van der Waals surface area (Å²) >= 11 is 1.39. The summed E-state index contributed by atoms with van der Waals surface area (Å²) in [4.78, 5) is 32.7. The second kappa shape index (κ2) is 5.93. The molecule has 2 aromatic heterocycles. The van der Waals surface area contributed by atoms with Crippen molar-refractivity contribution in [2.45, 2.75) is 13.8 Å². The number of nitrogens with zero attached hydrogens (tertiary/aromatic N) is 1. The third-order valence-corrected chi connectivity index (χ3v) is 4.90. The molecule has 0 radical (unpaired) electrons. The predicted octanol–water partition coefficient (Wildman–Crippen LogP) is 2.33. The van der Waals surface area contributed by atoms with Gasteiger partial charge in [0.2, 0.25) is 0 Å². The lowest BCUT2D eigenvalue weighted by Crippen LogP contribution is -2.18. The number of hydrogen-bond donors (Lipinski definition) is 3. The van der Waals surface area contributed by atoms with Crippen LogP contribution in [0.15, 0.2) is 29.1 Å². The predicted molar refractivity (Wildman–Crippen MR) is 94.9 cm³/mol. The first-order chi connectivity index (χ1) is 11.4. The van der Waals surface area contributed by atoms with Gasteiger partial charge in [0.05, 0.1) is 11.0 Å². The molecule has 2 heterocycles. The van der Waals surface area contributed by atoms with Crippen LogP contribution in [-0.2, 0) is 4.79 Å². The zero-order chi connectivity index (χ0) is 17.4. The van der Waals surface area contributed by atoms with Gasteiger partial charge in [-0.2, -0.15) is 0 Å². The molecule has 4 N–H and O–H groups in total. The van der Waals surface area contributed by atoms with Gasteiger partial charge in [-0.05, 0) is 31.6 Å². The summed E-state index contributed by atoms with van der Waals surface area (Å²) in [5, 5.41) is 10.4. The standard InChI is InChI=1S/C17H15N3O3S/c1-8-9(2)24-17-13(8)16(23)19-15(20-17)11(14(18)22)7-10-5-3-4-6-12(10)21/h3-7,21H,1-2H3,(H2,18,22)(H,19,20,23)/b11-7+. The average Bonchev–Trinajstić information content (AvgIpc) is 2.81. The fourth-order valence-electron chi connectivity index (χ4n) is 2.40. The van der Waals surface area contributed by atoms with Gasteiger partial charge >= 0.3 is 0 Å². The molecule has 0 aliphatic rings. The summed E-state index contributed by atoms with van der Waals surface area (Å²) in [6.07, 6.45) is 1.41. The van der Waals surface area contributed by atoms with Crippen LogP contribution in [0.4, 0.5) is 0 Å². The van der Waals surface area contributed by atoms with Crippen LogP contribution in [0, 0.1) is 13.8 Å². The molecule has 24 heavy (non-hydrogen) atoms. The lowest BCUT2D eigenvalue weighted by Gasteiger charge is -2.05. The Labute approximate surface area is 141 Å². The molecule has 3 rings (SSSR count). The Balaban J connectivity index is 2.24. The fourth-order valence-corrected chi connectivity index (χ4v) is 3.43. The number of amides is 1. The van der Waals surface area contributed by atoms with Crippen molar-refractivity contribution in [1.29, 1.82) is 0 Å². The van der Waals surface area contributed by atoms with Crippen LogP contribution in [0.1, 0.15) is 21.8 Å². The number of aryl methyl sites for hydroxylation is 2. The molecular formula is C17H15N3O3S. The number of nitrogens with two attached hydrogens (primary N) is 1. The minimum Gasteiger partial charge on any atom is -0.507 e. The molecule has 6 nitrogen and oxygen atoms in total. The number of rotatable bonds is 3. The second-order valence-corrected chi connectivity index (χ2v) is 6.56. The molecule has 0 aliphatic carbocycles. The first-order valence-corrected chi connectivity index (χ1v) is 8.00. The Morgan fingerprint density at radius 1 is 1.33 bits per heavy atom. The first kappa shape index (κ1) is 15.9. The lowest BCUT2D eigenvalue weighted by atomic mass is 10.1. The Morgan fingerprint density at radius 3 is 2.71 bits per heavy atom. The number of thiophene rings is 1. The largest absolute Gasteiger partial charge is 0.507 e. The van der Waals surface area contributed by atoms with Gasteiger partial charge in [-0.25, -0.2) is 4.98 Å². The molecule has 7 heteroatoms. The Morgan fingerprint density at radius 2 is 2.04 bits per heavy atom. The monoisotopic (exact) mass is 341 g/mol. The minimum atomic E-state index is -0.745. The maximum absolute atomic E-state index is 12.4. The first-order valence-electron chi connectivity index (χ1n) is 7.18. The zero-order valence-corrected chi connectivity index (χ0v) is 13.9. The van der Waals surface area contributed by atoms with Crippen molar-refractivity contribution in [3.05, 3.63) is 56.4 Å². The van der Waals surface area contributed by atoms with E-state index in [1.165, 1.54) is 23.5 Å². The number of H-pyrrole nitrogens is 1. The number of carbonyl (C=O) groups excluding carboxylic acids is 1. The quantitative estimate of drug-likeness (QED) is 0.635. The molecule has 0 fully saturated rings. The van der Waals surface area contributed by atoms with Crippen LogP contribution in [-0.4, -0.2) is 21.0 Å². The number of aromatic hydroxyl groups is 1. The van der Waals surface area contributed by atoms with Gasteiger partial charge in [-0.3, -0.25) is 9.59 Å². The van der Waals surface area contributed by atoms with Crippen molar-refractivity contribution in [3.63, 3.8) is 0 Å². The van der Waals surface area contributed by atoms with E-state index in [1.54, 1.807) is 18.2 Å². The number of aromatic amines is 1. The van der Waals surface area contributed by atoms with Crippen molar-refractivity contribution in [2.75, 3.05) is 0 Å². The van der Waals surface area contributed by atoms with E-state index in [9.17, 15) is 14.7 Å². The molecule has 1 aromatic carbocycles. The van der Waals surface area contributed by atoms with E-state index in [0.29, 0.717) is 15.8 Å². The number of carbonyl (C=O) groups is 1. The van der Waals surface area contributed by atoms with E-state index in [1.807, 2.05) is 13.8 Å². The molecule has 0 saturated heterocycles. The molecule has 3 aromatic rings. The van der Waals surface area contributed by atoms with Crippen molar-refractivity contribution >= 4 is 39.1 Å². The van der Waals surface area contributed by atoms with Gasteiger partial charge in [0.1, 0.15) is 16.4 Å². The van der Waals surface area contributed by atoms with E-state index in [-0.39, 0.29) is 22.7 Å². The number of nitrogens with one attached hydrogen (secondary N) is 1. The Kier molecular flexibility index (Phi) is 3.94. The highest BCUT2D eigenvalue weighted by Crippen LogP contribution is 2.27. The summed E-state index contributed by atoms with van der Waals surface area (Å²) in [5.74, 6) is -0.655. The second-order valence-electron chi connectivity index (χ2n) is 5.36. The zero-order valence-electron chi connectivity index (χ0n) is 13.1. The van der Waals surface area contributed by atoms with Crippen molar-refractivity contribution in [1.82, 2.24) is 9.97 Å². The highest BCUT2D eigenvalue weighted by atomic mass is 32.1. The highest BCUT2D eigenvalue weighted by Gasteiger charge is 2.17. The number of hydrogen-bond acceptors (Lipinski definition) is 5. The summed E-state index contributed by atoms with van der Waals surface area (Å²) in [5.41, 5.74) is 6.44. The molecule has 122 valence electrons. The molecule has 0 atom stereocenters. The number of benzene rings is 1. The van der Waals surface area contributed by atoms with Gasteiger partial charge in [0, 0.05) is 10.4 Å². The summed E-state index contributed by atoms with van der Waals surface area (Å²) < 4.78 is 0. The number of primary amides is 1. The Hall–Kier alpha value is -2.93. The lowest BCUT2D eigenvalue weighted by molar-refractivity contribution is -0.112. The smallest absolute Gasteiger partial charge is 0.260 e. The normalized spacial score (nSPS) is 11.8.